The fraction of sp³-hybridized carbons (Fsp3) is 0.474. The molecule has 0 saturated carbocycles. The lowest BCUT2D eigenvalue weighted by molar-refractivity contribution is 0.349. The molecule has 0 unspecified atom stereocenters. The quantitative estimate of drug-likeness (QED) is 0.722. The van der Waals surface area contributed by atoms with Gasteiger partial charge in [-0.1, -0.05) is 0 Å². The number of hydrogen-bond acceptors (Lipinski definition) is 5. The van der Waals surface area contributed by atoms with Crippen LogP contribution in [-0.2, 0) is 6.54 Å². The highest BCUT2D eigenvalue weighted by atomic mass is 16.1. The van der Waals surface area contributed by atoms with Crippen LogP contribution in [0.1, 0.15) is 29.8 Å². The summed E-state index contributed by atoms with van der Waals surface area (Å²) in [6.07, 6.45) is 5.38. The van der Waals surface area contributed by atoms with E-state index in [-0.39, 0.29) is 5.56 Å². The SMILES string of the molecule is Cc1cc(N2CCC(Cn3cncc(C)c3=O)CC2)n2nc(C)cc2n1. The first-order valence-electron chi connectivity index (χ1n) is 9.11. The maximum Gasteiger partial charge on any atom is 0.256 e. The topological polar surface area (TPSA) is 68.3 Å². The van der Waals surface area contributed by atoms with E-state index in [1.54, 1.807) is 17.1 Å². The number of anilines is 1. The van der Waals surface area contributed by atoms with E-state index in [0.29, 0.717) is 11.5 Å². The first kappa shape index (κ1) is 16.8. The fourth-order valence-electron chi connectivity index (χ4n) is 3.73. The first-order valence-corrected chi connectivity index (χ1v) is 9.11. The molecule has 26 heavy (non-hydrogen) atoms. The van der Waals surface area contributed by atoms with Crippen molar-refractivity contribution in [2.75, 3.05) is 18.0 Å². The van der Waals surface area contributed by atoms with Crippen LogP contribution in [0, 0.1) is 26.7 Å². The van der Waals surface area contributed by atoms with Crippen LogP contribution in [0.5, 0.6) is 0 Å². The maximum absolute atomic E-state index is 12.2. The summed E-state index contributed by atoms with van der Waals surface area (Å²) in [5, 5.41) is 4.60. The zero-order chi connectivity index (χ0) is 18.3. The number of nitrogens with zero attached hydrogens (tertiary/aromatic N) is 6. The van der Waals surface area contributed by atoms with Crippen LogP contribution < -0.4 is 10.5 Å². The molecule has 4 heterocycles. The van der Waals surface area contributed by atoms with E-state index in [4.69, 9.17) is 0 Å². The average molecular weight is 352 g/mol. The molecule has 1 aliphatic rings. The van der Waals surface area contributed by atoms with Gasteiger partial charge in [-0.2, -0.15) is 9.61 Å². The number of piperidine rings is 1. The molecule has 0 aliphatic carbocycles. The monoisotopic (exact) mass is 352 g/mol. The van der Waals surface area contributed by atoms with Gasteiger partial charge in [0.05, 0.1) is 12.0 Å². The largest absolute Gasteiger partial charge is 0.356 e. The van der Waals surface area contributed by atoms with E-state index in [2.05, 4.69) is 26.0 Å². The van der Waals surface area contributed by atoms with Crippen molar-refractivity contribution in [3.05, 3.63) is 52.0 Å². The van der Waals surface area contributed by atoms with Gasteiger partial charge in [-0.25, -0.2) is 9.97 Å². The highest BCUT2D eigenvalue weighted by Gasteiger charge is 2.22. The van der Waals surface area contributed by atoms with Crippen LogP contribution in [0.2, 0.25) is 0 Å². The minimum atomic E-state index is 0.0703. The Morgan fingerprint density at radius 1 is 1.12 bits per heavy atom. The van der Waals surface area contributed by atoms with Crippen LogP contribution >= 0.6 is 0 Å². The van der Waals surface area contributed by atoms with E-state index in [0.717, 1.165) is 55.3 Å². The molecule has 4 rings (SSSR count). The van der Waals surface area contributed by atoms with Crippen LogP contribution in [-0.4, -0.2) is 37.2 Å². The van der Waals surface area contributed by atoms with E-state index >= 15 is 0 Å². The zero-order valence-electron chi connectivity index (χ0n) is 15.5. The average Bonchev–Trinajstić information content (AvgIpc) is 2.99. The summed E-state index contributed by atoms with van der Waals surface area (Å²) in [6.45, 7) is 8.49. The first-order chi connectivity index (χ1) is 12.5. The van der Waals surface area contributed by atoms with Crippen LogP contribution in [0.3, 0.4) is 0 Å². The molecule has 0 spiro atoms. The number of hydrogen-bond donors (Lipinski definition) is 0. The highest BCUT2D eigenvalue weighted by molar-refractivity contribution is 5.52. The number of fused-ring (bicyclic) bond motifs is 1. The lowest BCUT2D eigenvalue weighted by atomic mass is 9.96. The molecule has 0 amide bonds. The molecule has 7 nitrogen and oxygen atoms in total. The second-order valence-corrected chi connectivity index (χ2v) is 7.28. The summed E-state index contributed by atoms with van der Waals surface area (Å²) in [5.74, 6) is 1.60. The zero-order valence-corrected chi connectivity index (χ0v) is 15.5. The van der Waals surface area contributed by atoms with Gasteiger partial charge in [0.15, 0.2) is 5.65 Å². The normalized spacial score (nSPS) is 15.7. The molecular weight excluding hydrogens is 328 g/mol. The molecule has 0 bridgehead atoms. The summed E-state index contributed by atoms with van der Waals surface area (Å²) >= 11 is 0. The number of aromatic nitrogens is 5. The van der Waals surface area contributed by atoms with Crippen LogP contribution in [0.15, 0.2) is 29.5 Å². The van der Waals surface area contributed by atoms with Gasteiger partial charge in [0.25, 0.3) is 5.56 Å². The Bertz CT molecular complexity index is 997. The summed E-state index contributed by atoms with van der Waals surface area (Å²) in [7, 11) is 0. The minimum absolute atomic E-state index is 0.0703. The Morgan fingerprint density at radius 2 is 1.88 bits per heavy atom. The molecule has 136 valence electrons. The standard InChI is InChI=1S/C19H24N6O/c1-13-10-20-12-24(19(13)26)11-16-4-6-23(7-5-16)18-9-14(2)21-17-8-15(3)22-25(17)18/h8-10,12,16H,4-7,11H2,1-3H3. The van der Waals surface area contributed by atoms with Gasteiger partial charge in [-0.15, -0.1) is 0 Å². The molecule has 1 fully saturated rings. The van der Waals surface area contributed by atoms with Crippen molar-refractivity contribution in [1.82, 2.24) is 24.1 Å². The van der Waals surface area contributed by atoms with Crippen molar-refractivity contribution in [2.24, 2.45) is 5.92 Å². The molecule has 3 aromatic rings. The van der Waals surface area contributed by atoms with Gasteiger partial charge in [0, 0.05) is 49.2 Å². The van der Waals surface area contributed by atoms with Crippen LogP contribution in [0.4, 0.5) is 5.82 Å². The van der Waals surface area contributed by atoms with Gasteiger partial charge >= 0.3 is 0 Å². The molecule has 0 N–H and O–H groups in total. The summed E-state index contributed by atoms with van der Waals surface area (Å²) in [6, 6.07) is 4.12. The molecule has 3 aromatic heterocycles. The molecule has 0 atom stereocenters. The van der Waals surface area contributed by atoms with Crippen molar-refractivity contribution in [2.45, 2.75) is 40.2 Å². The van der Waals surface area contributed by atoms with Gasteiger partial charge in [-0.3, -0.25) is 9.36 Å². The molecule has 7 heteroatoms. The van der Waals surface area contributed by atoms with Gasteiger partial charge in [-0.05, 0) is 39.5 Å². The lowest BCUT2D eigenvalue weighted by Gasteiger charge is -2.33. The molecular formula is C19H24N6O. The van der Waals surface area contributed by atoms with E-state index in [9.17, 15) is 4.79 Å². The van der Waals surface area contributed by atoms with E-state index < -0.39 is 0 Å². The highest BCUT2D eigenvalue weighted by Crippen LogP contribution is 2.25. The Balaban J connectivity index is 1.50. The minimum Gasteiger partial charge on any atom is -0.356 e. The van der Waals surface area contributed by atoms with E-state index in [1.165, 1.54) is 0 Å². The van der Waals surface area contributed by atoms with Gasteiger partial charge in [0.2, 0.25) is 0 Å². The van der Waals surface area contributed by atoms with Crippen molar-refractivity contribution in [3.63, 3.8) is 0 Å². The molecule has 0 radical (unpaired) electrons. The summed E-state index contributed by atoms with van der Waals surface area (Å²) in [5.41, 5.74) is 3.66. The molecule has 0 aromatic carbocycles. The van der Waals surface area contributed by atoms with Crippen LogP contribution in [0.25, 0.3) is 5.65 Å². The van der Waals surface area contributed by atoms with E-state index in [1.807, 2.05) is 31.4 Å². The second-order valence-electron chi connectivity index (χ2n) is 7.28. The smallest absolute Gasteiger partial charge is 0.256 e. The Hall–Kier alpha value is -2.70. The molecule has 1 aliphatic heterocycles. The third-order valence-corrected chi connectivity index (χ3v) is 5.12. The predicted octanol–water partition coefficient (Wildman–Crippen LogP) is 2.13. The third kappa shape index (κ3) is 3.09. The van der Waals surface area contributed by atoms with Gasteiger partial charge < -0.3 is 4.90 Å². The predicted molar refractivity (Wildman–Crippen MR) is 101 cm³/mol. The number of aryl methyl sites for hydroxylation is 3. The van der Waals surface area contributed by atoms with Crippen molar-refractivity contribution >= 4 is 11.5 Å². The Morgan fingerprint density at radius 3 is 2.65 bits per heavy atom. The molecule has 1 saturated heterocycles. The summed E-state index contributed by atoms with van der Waals surface area (Å²) < 4.78 is 3.69. The second kappa shape index (κ2) is 6.55. The lowest BCUT2D eigenvalue weighted by Crippen LogP contribution is -2.37. The van der Waals surface area contributed by atoms with Crippen molar-refractivity contribution < 1.29 is 0 Å². The van der Waals surface area contributed by atoms with Crippen molar-refractivity contribution in [3.8, 4) is 0 Å². The third-order valence-electron chi connectivity index (χ3n) is 5.12. The fourth-order valence-corrected chi connectivity index (χ4v) is 3.73. The van der Waals surface area contributed by atoms with Crippen molar-refractivity contribution in [1.29, 1.82) is 0 Å². The Labute approximate surface area is 152 Å². The Kier molecular flexibility index (Phi) is 4.22. The maximum atomic E-state index is 12.2. The van der Waals surface area contributed by atoms with Gasteiger partial charge in [0.1, 0.15) is 5.82 Å². The summed E-state index contributed by atoms with van der Waals surface area (Å²) in [4.78, 5) is 23.3. The number of rotatable bonds is 3.